The van der Waals surface area contributed by atoms with E-state index in [0.717, 1.165) is 0 Å². The molecule has 3 heterocycles. The number of carboxylic acid groups (broad SMARTS) is 1. The smallest absolute Gasteiger partial charge is 0.308 e. The number of carbonyl (C=O) groups is 3. The first kappa shape index (κ1) is 24.6. The van der Waals surface area contributed by atoms with Gasteiger partial charge in [0.1, 0.15) is 11.8 Å². The van der Waals surface area contributed by atoms with Gasteiger partial charge in [-0.15, -0.1) is 18.3 Å². The Morgan fingerprint density at radius 3 is 2.59 bits per heavy atom. The highest BCUT2D eigenvalue weighted by Crippen LogP contribution is 2.69. The van der Waals surface area contributed by atoms with Crippen molar-refractivity contribution in [2.75, 3.05) is 25.2 Å². The molecule has 184 valence electrons. The van der Waals surface area contributed by atoms with Crippen molar-refractivity contribution < 1.29 is 29.3 Å². The molecule has 0 radical (unpaired) electrons. The lowest BCUT2D eigenvalue weighted by Gasteiger charge is -2.41. The molecule has 3 fully saturated rings. The summed E-state index contributed by atoms with van der Waals surface area (Å²) in [6.45, 7) is 7.62. The molecule has 0 aromatic heterocycles. The zero-order valence-corrected chi connectivity index (χ0v) is 20.5. The Morgan fingerprint density at radius 2 is 2.06 bits per heavy atom. The number of likely N-dealkylation sites (tertiary alicyclic amines) is 1. The fourth-order valence-corrected chi connectivity index (χ4v) is 8.58. The van der Waals surface area contributed by atoms with Gasteiger partial charge in [0.05, 0.1) is 36.3 Å². The van der Waals surface area contributed by atoms with Crippen LogP contribution >= 0.6 is 11.8 Å². The molecular formula is C25H32N2O6S. The number of aliphatic hydroxyl groups is 1. The van der Waals surface area contributed by atoms with Crippen molar-refractivity contribution in [3.05, 3.63) is 36.9 Å². The molecule has 4 rings (SSSR count). The van der Waals surface area contributed by atoms with Crippen LogP contribution in [0.5, 0.6) is 5.75 Å². The van der Waals surface area contributed by atoms with Crippen LogP contribution in [0.15, 0.2) is 36.9 Å². The van der Waals surface area contributed by atoms with E-state index in [1.54, 1.807) is 42.4 Å². The SMILES string of the molecule is C=CCN(C(=O)C1N([C@@H](CC)CO)C(=O)[C@@H]2[C@@H](C(=O)O)[C@H]3CC(C)C12S3)c1ccc(OC)cc1. The molecular weight excluding hydrogens is 456 g/mol. The zero-order chi connectivity index (χ0) is 24.8. The number of rotatable bonds is 9. The molecule has 2 N–H and O–H groups in total. The number of thioether (sulfide) groups is 1. The van der Waals surface area contributed by atoms with Crippen LogP contribution < -0.4 is 9.64 Å². The van der Waals surface area contributed by atoms with Gasteiger partial charge in [-0.25, -0.2) is 0 Å². The third kappa shape index (κ3) is 3.43. The molecule has 7 atom stereocenters. The molecule has 0 aliphatic carbocycles. The molecule has 8 nitrogen and oxygen atoms in total. The topological polar surface area (TPSA) is 107 Å². The van der Waals surface area contributed by atoms with E-state index in [1.165, 1.54) is 16.7 Å². The Hall–Kier alpha value is -2.52. The van der Waals surface area contributed by atoms with Crippen LogP contribution in [0.3, 0.4) is 0 Å². The van der Waals surface area contributed by atoms with Crippen molar-refractivity contribution in [1.82, 2.24) is 4.90 Å². The van der Waals surface area contributed by atoms with Crippen molar-refractivity contribution in [2.45, 2.75) is 48.8 Å². The first-order valence-electron chi connectivity index (χ1n) is 11.7. The standard InChI is InChI=1S/C25H32N2O6S/c1-5-11-26(16-7-9-17(33-4)10-8-16)23(30)21-25-14(3)12-18(34-25)19(24(31)32)20(25)22(29)27(21)15(6-2)13-28/h5,7-10,14-15,18-21,28H,1,6,11-13H2,2-4H3,(H,31,32)/t14?,15-,18+,19-,20-,21?,25?/m0/s1. The fraction of sp³-hybridized carbons (Fsp3) is 0.560. The number of fused-ring (bicyclic) bond motifs is 1. The molecule has 3 aliphatic rings. The van der Waals surface area contributed by atoms with Crippen LogP contribution in [0.2, 0.25) is 0 Å². The van der Waals surface area contributed by atoms with Crippen molar-refractivity contribution in [3.8, 4) is 5.75 Å². The van der Waals surface area contributed by atoms with Crippen LogP contribution in [0.1, 0.15) is 26.7 Å². The highest BCUT2D eigenvalue weighted by atomic mass is 32.2. The molecule has 3 saturated heterocycles. The summed E-state index contributed by atoms with van der Waals surface area (Å²) < 4.78 is 4.39. The quantitative estimate of drug-likeness (QED) is 0.514. The summed E-state index contributed by atoms with van der Waals surface area (Å²) in [5, 5.41) is 19.9. The van der Waals surface area contributed by atoms with E-state index < -0.39 is 34.6 Å². The molecule has 9 heteroatoms. The number of hydrogen-bond donors (Lipinski definition) is 2. The Morgan fingerprint density at radius 1 is 1.38 bits per heavy atom. The molecule has 1 aromatic carbocycles. The van der Waals surface area contributed by atoms with Crippen LogP contribution in [-0.4, -0.2) is 75.2 Å². The Balaban J connectivity index is 1.84. The summed E-state index contributed by atoms with van der Waals surface area (Å²) in [6, 6.07) is 5.64. The number of nitrogens with zero attached hydrogens (tertiary/aromatic N) is 2. The molecule has 0 saturated carbocycles. The number of hydrogen-bond acceptors (Lipinski definition) is 6. The van der Waals surface area contributed by atoms with Gasteiger partial charge < -0.3 is 24.7 Å². The molecule has 1 spiro atoms. The van der Waals surface area contributed by atoms with Gasteiger partial charge in [-0.3, -0.25) is 14.4 Å². The number of aliphatic carboxylic acids is 1. The van der Waals surface area contributed by atoms with E-state index >= 15 is 0 Å². The minimum atomic E-state index is -0.993. The Bertz CT molecular complexity index is 980. The average molecular weight is 489 g/mol. The summed E-state index contributed by atoms with van der Waals surface area (Å²) in [4.78, 5) is 43.5. The number of aliphatic hydroxyl groups excluding tert-OH is 1. The first-order chi connectivity index (χ1) is 16.3. The van der Waals surface area contributed by atoms with Gasteiger partial charge in [0.15, 0.2) is 0 Å². The van der Waals surface area contributed by atoms with Gasteiger partial charge in [-0.2, -0.15) is 0 Å². The minimum Gasteiger partial charge on any atom is -0.497 e. The highest BCUT2D eigenvalue weighted by molar-refractivity contribution is 8.02. The number of anilines is 1. The maximum atomic E-state index is 14.3. The fourth-order valence-electron chi connectivity index (χ4n) is 6.19. The third-order valence-corrected chi connectivity index (χ3v) is 9.82. The molecule has 3 unspecified atom stereocenters. The van der Waals surface area contributed by atoms with E-state index in [-0.39, 0.29) is 36.1 Å². The summed E-state index contributed by atoms with van der Waals surface area (Å²) in [6.07, 6.45) is 2.73. The molecule has 3 aliphatic heterocycles. The molecule has 2 bridgehead atoms. The second kappa shape index (κ2) is 9.26. The monoisotopic (exact) mass is 488 g/mol. The summed E-state index contributed by atoms with van der Waals surface area (Å²) >= 11 is 1.49. The lowest BCUT2D eigenvalue weighted by Crippen LogP contribution is -2.59. The number of methoxy groups -OCH3 is 1. The third-order valence-electron chi connectivity index (χ3n) is 7.74. The van der Waals surface area contributed by atoms with E-state index in [2.05, 4.69) is 6.58 Å². The second-order valence-electron chi connectivity index (χ2n) is 9.32. The first-order valence-corrected chi connectivity index (χ1v) is 12.5. The maximum absolute atomic E-state index is 14.3. The number of carboxylic acids is 1. The van der Waals surface area contributed by atoms with E-state index in [4.69, 9.17) is 4.74 Å². The van der Waals surface area contributed by atoms with Crippen molar-refractivity contribution in [3.63, 3.8) is 0 Å². The van der Waals surface area contributed by atoms with Gasteiger partial charge in [-0.05, 0) is 43.0 Å². The predicted octanol–water partition coefficient (Wildman–Crippen LogP) is 2.41. The Labute approximate surface area is 203 Å². The summed E-state index contributed by atoms with van der Waals surface area (Å²) in [5.41, 5.74) is 0.634. The number of ether oxygens (including phenoxy) is 1. The lowest BCUT2D eigenvalue weighted by atomic mass is 9.66. The summed E-state index contributed by atoms with van der Waals surface area (Å²) in [7, 11) is 1.57. The Kier molecular flexibility index (Phi) is 6.70. The predicted molar refractivity (Wildman–Crippen MR) is 130 cm³/mol. The lowest BCUT2D eigenvalue weighted by molar-refractivity contribution is -0.149. The van der Waals surface area contributed by atoms with Crippen LogP contribution in [0, 0.1) is 17.8 Å². The minimum absolute atomic E-state index is 0.0244. The van der Waals surface area contributed by atoms with Crippen LogP contribution in [0.4, 0.5) is 5.69 Å². The highest BCUT2D eigenvalue weighted by Gasteiger charge is 2.76. The van der Waals surface area contributed by atoms with Crippen molar-refractivity contribution >= 4 is 35.2 Å². The van der Waals surface area contributed by atoms with E-state index in [9.17, 15) is 24.6 Å². The summed E-state index contributed by atoms with van der Waals surface area (Å²) in [5.74, 6) is -2.60. The van der Waals surface area contributed by atoms with Crippen molar-refractivity contribution in [2.24, 2.45) is 17.8 Å². The zero-order valence-electron chi connectivity index (χ0n) is 19.7. The van der Waals surface area contributed by atoms with Gasteiger partial charge in [-0.1, -0.05) is 19.9 Å². The average Bonchev–Trinajstić information content (AvgIpc) is 3.42. The van der Waals surface area contributed by atoms with Gasteiger partial charge >= 0.3 is 5.97 Å². The number of amides is 2. The van der Waals surface area contributed by atoms with Crippen LogP contribution in [0.25, 0.3) is 0 Å². The molecule has 34 heavy (non-hydrogen) atoms. The maximum Gasteiger partial charge on any atom is 0.308 e. The normalized spacial score (nSPS) is 32.4. The molecule has 2 amide bonds. The van der Waals surface area contributed by atoms with E-state index in [0.29, 0.717) is 24.3 Å². The molecule has 1 aromatic rings. The van der Waals surface area contributed by atoms with Gasteiger partial charge in [0.2, 0.25) is 5.91 Å². The van der Waals surface area contributed by atoms with Gasteiger partial charge in [0, 0.05) is 17.5 Å². The van der Waals surface area contributed by atoms with Gasteiger partial charge in [0.25, 0.3) is 5.91 Å². The van der Waals surface area contributed by atoms with E-state index in [1.807, 2.05) is 13.8 Å². The number of carbonyl (C=O) groups excluding carboxylic acids is 2. The van der Waals surface area contributed by atoms with Crippen LogP contribution in [-0.2, 0) is 14.4 Å². The number of benzene rings is 1. The largest absolute Gasteiger partial charge is 0.497 e. The van der Waals surface area contributed by atoms with Crippen molar-refractivity contribution in [1.29, 1.82) is 0 Å². The second-order valence-corrected chi connectivity index (χ2v) is 10.9.